The van der Waals surface area contributed by atoms with Gasteiger partial charge in [-0.3, -0.25) is 4.79 Å². The molecule has 2 aromatic rings. The second-order valence-corrected chi connectivity index (χ2v) is 7.83. The highest BCUT2D eigenvalue weighted by atomic mass is 35.5. The third kappa shape index (κ3) is 6.51. The summed E-state index contributed by atoms with van der Waals surface area (Å²) in [6.07, 6.45) is 1.41. The molecule has 1 atom stereocenters. The van der Waals surface area contributed by atoms with Crippen molar-refractivity contribution in [1.29, 1.82) is 0 Å². The fourth-order valence-corrected chi connectivity index (χ4v) is 2.86. The number of halogens is 1. The molecule has 5 N–H and O–H groups in total. The summed E-state index contributed by atoms with van der Waals surface area (Å²) in [7, 11) is -3.73. The predicted molar refractivity (Wildman–Crippen MR) is 108 cm³/mol. The number of nitrogens with one attached hydrogen (secondary N) is 1. The molecule has 0 aliphatic carbocycles. The van der Waals surface area contributed by atoms with E-state index in [4.69, 9.17) is 15.6 Å². The molecule has 0 saturated heterocycles. The summed E-state index contributed by atoms with van der Waals surface area (Å²) in [5.41, 5.74) is 5.69. The molecule has 0 heterocycles. The first kappa shape index (κ1) is 22.9. The molecular formula is C18H24ClN3O4S. The molecule has 7 nitrogen and oxygen atoms in total. The van der Waals surface area contributed by atoms with E-state index in [1.54, 1.807) is 31.2 Å². The van der Waals surface area contributed by atoms with Crippen LogP contribution in [0.1, 0.15) is 26.7 Å². The largest absolute Gasteiger partial charge is 0.457 e. The molecule has 0 fully saturated rings. The number of sulfonamides is 1. The summed E-state index contributed by atoms with van der Waals surface area (Å²) in [6.45, 7) is 3.68. The van der Waals surface area contributed by atoms with Crippen molar-refractivity contribution in [1.82, 2.24) is 0 Å². The van der Waals surface area contributed by atoms with Crippen molar-refractivity contribution in [2.24, 2.45) is 10.9 Å². The van der Waals surface area contributed by atoms with Crippen LogP contribution in [0, 0.1) is 0 Å². The maximum absolute atomic E-state index is 12.2. The van der Waals surface area contributed by atoms with Gasteiger partial charge in [-0.15, -0.1) is 12.4 Å². The number of rotatable bonds is 7. The van der Waals surface area contributed by atoms with Crippen LogP contribution in [0.4, 0.5) is 5.69 Å². The van der Waals surface area contributed by atoms with Gasteiger partial charge in [0.1, 0.15) is 11.5 Å². The Bertz CT molecular complexity index is 866. The molecule has 1 amide bonds. The van der Waals surface area contributed by atoms with Crippen molar-refractivity contribution < 1.29 is 17.9 Å². The van der Waals surface area contributed by atoms with E-state index in [-0.39, 0.29) is 23.2 Å². The summed E-state index contributed by atoms with van der Waals surface area (Å²) in [5.74, 6) is 0.758. The van der Waals surface area contributed by atoms with Crippen molar-refractivity contribution >= 4 is 34.0 Å². The Kier molecular flexibility index (Phi) is 7.79. The fraction of sp³-hybridized carbons (Fsp3) is 0.278. The molecule has 0 bridgehead atoms. The Balaban J connectivity index is 0.00000364. The van der Waals surface area contributed by atoms with Gasteiger partial charge in [-0.1, -0.05) is 13.3 Å². The van der Waals surface area contributed by atoms with Gasteiger partial charge >= 0.3 is 0 Å². The van der Waals surface area contributed by atoms with E-state index in [9.17, 15) is 13.2 Å². The highest BCUT2D eigenvalue weighted by Gasteiger charge is 2.27. The number of carbonyl (C=O) groups is 1. The first-order chi connectivity index (χ1) is 12.1. The van der Waals surface area contributed by atoms with E-state index in [0.29, 0.717) is 23.6 Å². The summed E-state index contributed by atoms with van der Waals surface area (Å²) >= 11 is 0. The molecule has 1 unspecified atom stereocenters. The van der Waals surface area contributed by atoms with Crippen LogP contribution in [0.5, 0.6) is 11.5 Å². The summed E-state index contributed by atoms with van der Waals surface area (Å²) in [5, 5.41) is 7.84. The molecule has 0 aliphatic heterocycles. The molecule has 27 heavy (non-hydrogen) atoms. The fourth-order valence-electron chi connectivity index (χ4n) is 2.35. The Labute approximate surface area is 165 Å². The molecule has 2 aromatic carbocycles. The quantitative estimate of drug-likeness (QED) is 0.643. The molecule has 0 spiro atoms. The Morgan fingerprint density at radius 3 is 2.00 bits per heavy atom. The monoisotopic (exact) mass is 413 g/mol. The number of carbonyl (C=O) groups excluding carboxylic acids is 1. The Hall–Kier alpha value is -2.13. The van der Waals surface area contributed by atoms with Gasteiger partial charge in [-0.05, 0) is 61.9 Å². The van der Waals surface area contributed by atoms with Crippen LogP contribution >= 0.6 is 12.4 Å². The molecule has 0 aromatic heterocycles. The van der Waals surface area contributed by atoms with Gasteiger partial charge in [-0.2, -0.15) is 0 Å². The van der Waals surface area contributed by atoms with Crippen LogP contribution in [-0.2, 0) is 14.8 Å². The van der Waals surface area contributed by atoms with E-state index < -0.39 is 15.6 Å². The minimum absolute atomic E-state index is 0. The molecule has 0 aliphatic rings. The smallest absolute Gasteiger partial charge is 0.244 e. The van der Waals surface area contributed by atoms with Gasteiger partial charge in [0.25, 0.3) is 0 Å². The minimum atomic E-state index is -3.73. The molecule has 148 valence electrons. The van der Waals surface area contributed by atoms with Gasteiger partial charge in [0, 0.05) is 5.69 Å². The number of hydrogen-bond acceptors (Lipinski definition) is 5. The lowest BCUT2D eigenvalue weighted by atomic mass is 9.96. The molecule has 0 radical (unpaired) electrons. The standard InChI is InChI=1S/C18H23N3O4S.ClH/c1-3-12-18(2,19)17(22)21-13-4-6-14(7-5-13)25-15-8-10-16(11-9-15)26(20,23)24;/h4-11H,3,12,19H2,1-2H3,(H,21,22)(H2,20,23,24);1H. The summed E-state index contributed by atoms with van der Waals surface area (Å²) < 4.78 is 28.1. The van der Waals surface area contributed by atoms with Gasteiger partial charge in [0.05, 0.1) is 10.4 Å². The van der Waals surface area contributed by atoms with Gasteiger partial charge < -0.3 is 15.8 Å². The van der Waals surface area contributed by atoms with E-state index in [0.717, 1.165) is 6.42 Å². The SMILES string of the molecule is CCCC(C)(N)C(=O)Nc1ccc(Oc2ccc(S(N)(=O)=O)cc2)cc1.Cl. The van der Waals surface area contributed by atoms with Crippen LogP contribution in [0.2, 0.25) is 0 Å². The lowest BCUT2D eigenvalue weighted by Crippen LogP contribution is -2.48. The predicted octanol–water partition coefficient (Wildman–Crippen LogP) is 3.00. The summed E-state index contributed by atoms with van der Waals surface area (Å²) in [6, 6.07) is 12.6. The number of primary sulfonamides is 1. The molecular weight excluding hydrogens is 390 g/mol. The number of nitrogens with two attached hydrogens (primary N) is 2. The van der Waals surface area contributed by atoms with Crippen molar-refractivity contribution in [2.45, 2.75) is 37.1 Å². The second kappa shape index (κ2) is 9.18. The second-order valence-electron chi connectivity index (χ2n) is 6.26. The first-order valence-electron chi connectivity index (χ1n) is 8.13. The van der Waals surface area contributed by atoms with Crippen molar-refractivity contribution in [3.63, 3.8) is 0 Å². The summed E-state index contributed by atoms with van der Waals surface area (Å²) in [4.78, 5) is 12.2. The topological polar surface area (TPSA) is 125 Å². The zero-order valence-electron chi connectivity index (χ0n) is 15.1. The maximum atomic E-state index is 12.2. The number of amides is 1. The Morgan fingerprint density at radius 1 is 1.07 bits per heavy atom. The van der Waals surface area contributed by atoms with Gasteiger partial charge in [-0.25, -0.2) is 13.6 Å². The Morgan fingerprint density at radius 2 is 1.56 bits per heavy atom. The van der Waals surface area contributed by atoms with Gasteiger partial charge in [0.2, 0.25) is 15.9 Å². The van der Waals surface area contributed by atoms with Crippen LogP contribution < -0.4 is 20.9 Å². The van der Waals surface area contributed by atoms with Crippen molar-refractivity contribution in [3.8, 4) is 11.5 Å². The minimum Gasteiger partial charge on any atom is -0.457 e. The maximum Gasteiger partial charge on any atom is 0.244 e. The third-order valence-electron chi connectivity index (χ3n) is 3.79. The van der Waals surface area contributed by atoms with Gasteiger partial charge in [0.15, 0.2) is 0 Å². The first-order valence-corrected chi connectivity index (χ1v) is 9.67. The number of benzene rings is 2. The number of anilines is 1. The zero-order valence-corrected chi connectivity index (χ0v) is 16.8. The van der Waals surface area contributed by atoms with Crippen LogP contribution in [0.15, 0.2) is 53.4 Å². The van der Waals surface area contributed by atoms with E-state index in [1.807, 2.05) is 6.92 Å². The average molecular weight is 414 g/mol. The van der Waals surface area contributed by atoms with E-state index in [1.165, 1.54) is 24.3 Å². The lowest BCUT2D eigenvalue weighted by molar-refractivity contribution is -0.120. The molecule has 2 rings (SSSR count). The zero-order chi connectivity index (χ0) is 19.4. The normalized spacial score (nSPS) is 13.2. The van der Waals surface area contributed by atoms with E-state index >= 15 is 0 Å². The van der Waals surface area contributed by atoms with Crippen molar-refractivity contribution in [2.75, 3.05) is 5.32 Å². The number of ether oxygens (including phenoxy) is 1. The average Bonchev–Trinajstić information content (AvgIpc) is 2.56. The highest BCUT2D eigenvalue weighted by molar-refractivity contribution is 7.89. The van der Waals surface area contributed by atoms with E-state index in [2.05, 4.69) is 5.32 Å². The number of hydrogen-bond donors (Lipinski definition) is 3. The molecule has 0 saturated carbocycles. The van der Waals surface area contributed by atoms with Crippen molar-refractivity contribution in [3.05, 3.63) is 48.5 Å². The van der Waals surface area contributed by atoms with Crippen LogP contribution in [-0.4, -0.2) is 19.9 Å². The lowest BCUT2D eigenvalue weighted by Gasteiger charge is -2.22. The van der Waals surface area contributed by atoms with Crippen LogP contribution in [0.25, 0.3) is 0 Å². The third-order valence-corrected chi connectivity index (χ3v) is 4.72. The molecule has 9 heteroatoms. The highest BCUT2D eigenvalue weighted by Crippen LogP contribution is 2.24. The van der Waals surface area contributed by atoms with Crippen LogP contribution in [0.3, 0.4) is 0 Å².